The number of nitrogen functional groups attached to an aromatic ring is 1. The second-order valence-corrected chi connectivity index (χ2v) is 5.88. The summed E-state index contributed by atoms with van der Waals surface area (Å²) in [7, 11) is 1.68. The van der Waals surface area contributed by atoms with E-state index in [1.807, 2.05) is 26.0 Å². The molecular weight excluding hydrogens is 262 g/mol. The molecule has 1 saturated heterocycles. The zero-order valence-electron chi connectivity index (χ0n) is 11.6. The van der Waals surface area contributed by atoms with Crippen LogP contribution in [0, 0.1) is 12.3 Å². The number of nitrogens with two attached hydrogens (primary N) is 1. The minimum atomic E-state index is -0.338. The topological polar surface area (TPSA) is 58.4 Å². The van der Waals surface area contributed by atoms with Gasteiger partial charge in [-0.05, 0) is 38.0 Å². The number of anilines is 2. The molecular formula is C14H20ClN3O. The van der Waals surface area contributed by atoms with Gasteiger partial charge in [-0.1, -0.05) is 11.6 Å². The molecule has 1 atom stereocenters. The summed E-state index contributed by atoms with van der Waals surface area (Å²) in [5, 5.41) is 3.31. The molecule has 1 unspecified atom stereocenters. The molecule has 0 radical (unpaired) electrons. The van der Waals surface area contributed by atoms with Crippen molar-refractivity contribution in [3.63, 3.8) is 0 Å². The Labute approximate surface area is 118 Å². The summed E-state index contributed by atoms with van der Waals surface area (Å²) in [6, 6.07) is 3.77. The fraction of sp³-hybridized carbons (Fsp3) is 0.500. The first-order valence-corrected chi connectivity index (χ1v) is 6.78. The van der Waals surface area contributed by atoms with Gasteiger partial charge in [-0.15, -0.1) is 0 Å². The number of amides is 1. The highest BCUT2D eigenvalue weighted by Gasteiger charge is 2.40. The Kier molecular flexibility index (Phi) is 3.63. The number of carbonyl (C=O) groups excluding carboxylic acids is 1. The molecule has 0 aromatic heterocycles. The van der Waals surface area contributed by atoms with E-state index in [0.29, 0.717) is 17.3 Å². The Hall–Kier alpha value is -1.42. The lowest BCUT2D eigenvalue weighted by atomic mass is 9.89. The summed E-state index contributed by atoms with van der Waals surface area (Å²) in [4.78, 5) is 14.1. The van der Waals surface area contributed by atoms with E-state index in [2.05, 4.69) is 10.2 Å². The lowest BCUT2D eigenvalue weighted by Crippen LogP contribution is -2.39. The van der Waals surface area contributed by atoms with Crippen LogP contribution in [0.2, 0.25) is 5.02 Å². The van der Waals surface area contributed by atoms with Gasteiger partial charge in [0.05, 0.1) is 16.1 Å². The highest BCUT2D eigenvalue weighted by atomic mass is 35.5. The predicted molar refractivity (Wildman–Crippen MR) is 79.6 cm³/mol. The quantitative estimate of drug-likeness (QED) is 0.817. The van der Waals surface area contributed by atoms with Gasteiger partial charge in [-0.25, -0.2) is 0 Å². The van der Waals surface area contributed by atoms with Crippen molar-refractivity contribution in [3.05, 3.63) is 22.7 Å². The van der Waals surface area contributed by atoms with Gasteiger partial charge in [-0.2, -0.15) is 0 Å². The van der Waals surface area contributed by atoms with Crippen LogP contribution in [-0.4, -0.2) is 26.0 Å². The van der Waals surface area contributed by atoms with E-state index in [0.717, 1.165) is 24.2 Å². The van der Waals surface area contributed by atoms with E-state index in [1.165, 1.54) is 0 Å². The van der Waals surface area contributed by atoms with Gasteiger partial charge in [0, 0.05) is 25.8 Å². The first kappa shape index (κ1) is 14.0. The van der Waals surface area contributed by atoms with Crippen molar-refractivity contribution in [3.8, 4) is 0 Å². The minimum Gasteiger partial charge on any atom is -0.398 e. The maximum atomic E-state index is 11.9. The number of halogens is 1. The van der Waals surface area contributed by atoms with Crippen molar-refractivity contribution < 1.29 is 4.79 Å². The fourth-order valence-corrected chi connectivity index (χ4v) is 2.85. The lowest BCUT2D eigenvalue weighted by molar-refractivity contribution is -0.128. The Morgan fingerprint density at radius 2 is 2.21 bits per heavy atom. The van der Waals surface area contributed by atoms with Crippen LogP contribution in [0.15, 0.2) is 12.1 Å². The summed E-state index contributed by atoms with van der Waals surface area (Å²) in [5.74, 6) is 0.0918. The molecule has 2 rings (SSSR count). The van der Waals surface area contributed by atoms with Crippen LogP contribution >= 0.6 is 11.6 Å². The van der Waals surface area contributed by atoms with E-state index in [9.17, 15) is 4.79 Å². The summed E-state index contributed by atoms with van der Waals surface area (Å²) in [6.45, 7) is 5.57. The smallest absolute Gasteiger partial charge is 0.227 e. The third-order valence-electron chi connectivity index (χ3n) is 3.90. The average Bonchev–Trinajstić information content (AvgIpc) is 2.76. The molecule has 3 N–H and O–H groups in total. The third kappa shape index (κ3) is 2.50. The molecule has 1 aliphatic rings. The van der Waals surface area contributed by atoms with Crippen LogP contribution in [0.3, 0.4) is 0 Å². The normalized spacial score (nSPS) is 22.6. The molecule has 1 aromatic carbocycles. The van der Waals surface area contributed by atoms with Crippen LogP contribution in [-0.2, 0) is 4.79 Å². The summed E-state index contributed by atoms with van der Waals surface area (Å²) < 4.78 is 0. The van der Waals surface area contributed by atoms with Crippen molar-refractivity contribution >= 4 is 28.9 Å². The molecule has 0 spiro atoms. The molecule has 1 aliphatic heterocycles. The van der Waals surface area contributed by atoms with Crippen LogP contribution < -0.4 is 16.0 Å². The first-order chi connectivity index (χ1) is 8.87. The second kappa shape index (κ2) is 4.93. The fourth-order valence-electron chi connectivity index (χ4n) is 2.69. The third-order valence-corrected chi connectivity index (χ3v) is 4.23. The van der Waals surface area contributed by atoms with Gasteiger partial charge < -0.3 is 16.0 Å². The number of hydrogen-bond donors (Lipinski definition) is 2. The van der Waals surface area contributed by atoms with Crippen molar-refractivity contribution in [2.45, 2.75) is 20.3 Å². The largest absolute Gasteiger partial charge is 0.398 e. The molecule has 0 aliphatic carbocycles. The highest BCUT2D eigenvalue weighted by molar-refractivity contribution is 6.33. The summed E-state index contributed by atoms with van der Waals surface area (Å²) >= 11 is 6.09. The van der Waals surface area contributed by atoms with E-state index >= 15 is 0 Å². The molecule has 0 bridgehead atoms. The van der Waals surface area contributed by atoms with Gasteiger partial charge >= 0.3 is 0 Å². The minimum absolute atomic E-state index is 0.0918. The van der Waals surface area contributed by atoms with E-state index in [1.54, 1.807) is 7.05 Å². The van der Waals surface area contributed by atoms with Crippen molar-refractivity contribution in [2.75, 3.05) is 30.8 Å². The van der Waals surface area contributed by atoms with Crippen molar-refractivity contribution in [1.82, 2.24) is 5.32 Å². The van der Waals surface area contributed by atoms with Gasteiger partial charge in [0.25, 0.3) is 0 Å². The number of aryl methyl sites for hydroxylation is 1. The van der Waals surface area contributed by atoms with Gasteiger partial charge in [0.15, 0.2) is 0 Å². The molecule has 1 fully saturated rings. The number of nitrogens with one attached hydrogen (secondary N) is 1. The number of rotatable bonds is 2. The molecule has 19 heavy (non-hydrogen) atoms. The van der Waals surface area contributed by atoms with Gasteiger partial charge in [0.1, 0.15) is 0 Å². The van der Waals surface area contributed by atoms with Crippen LogP contribution in [0.1, 0.15) is 18.9 Å². The van der Waals surface area contributed by atoms with Crippen LogP contribution in [0.5, 0.6) is 0 Å². The average molecular weight is 282 g/mol. The molecule has 5 heteroatoms. The Morgan fingerprint density at radius 3 is 2.84 bits per heavy atom. The Balaban J connectivity index is 2.26. The van der Waals surface area contributed by atoms with E-state index < -0.39 is 0 Å². The number of nitrogens with zero attached hydrogens (tertiary/aromatic N) is 1. The standard InChI is InChI=1S/C14H20ClN3O/c1-9-6-11(16)10(15)7-12(9)18-5-4-14(2,8-18)13(19)17-3/h6-7H,4-5,8,16H2,1-3H3,(H,17,19). The van der Waals surface area contributed by atoms with Gasteiger partial charge in [-0.3, -0.25) is 4.79 Å². The SMILES string of the molecule is CNC(=O)C1(C)CCN(c2cc(Cl)c(N)cc2C)C1. The monoisotopic (exact) mass is 281 g/mol. The Morgan fingerprint density at radius 1 is 1.53 bits per heavy atom. The molecule has 1 amide bonds. The summed E-state index contributed by atoms with van der Waals surface area (Å²) in [5.41, 5.74) is 8.20. The van der Waals surface area contributed by atoms with Crippen molar-refractivity contribution in [1.29, 1.82) is 0 Å². The van der Waals surface area contributed by atoms with Crippen molar-refractivity contribution in [2.24, 2.45) is 5.41 Å². The maximum Gasteiger partial charge on any atom is 0.227 e. The highest BCUT2D eigenvalue weighted by Crippen LogP contribution is 2.37. The zero-order chi connectivity index (χ0) is 14.2. The van der Waals surface area contributed by atoms with Gasteiger partial charge in [0.2, 0.25) is 5.91 Å². The lowest BCUT2D eigenvalue weighted by Gasteiger charge is -2.25. The number of benzene rings is 1. The number of hydrogen-bond acceptors (Lipinski definition) is 3. The molecule has 1 heterocycles. The first-order valence-electron chi connectivity index (χ1n) is 6.40. The molecule has 1 aromatic rings. The molecule has 0 saturated carbocycles. The second-order valence-electron chi connectivity index (χ2n) is 5.47. The Bertz CT molecular complexity index is 518. The number of carbonyl (C=O) groups is 1. The molecule has 4 nitrogen and oxygen atoms in total. The van der Waals surface area contributed by atoms with Crippen LogP contribution in [0.4, 0.5) is 11.4 Å². The van der Waals surface area contributed by atoms with E-state index in [-0.39, 0.29) is 11.3 Å². The predicted octanol–water partition coefficient (Wildman–Crippen LogP) is 2.19. The molecule has 104 valence electrons. The maximum absolute atomic E-state index is 11.9. The summed E-state index contributed by atoms with van der Waals surface area (Å²) in [6.07, 6.45) is 0.841. The zero-order valence-corrected chi connectivity index (χ0v) is 12.3. The van der Waals surface area contributed by atoms with Crippen LogP contribution in [0.25, 0.3) is 0 Å². The van der Waals surface area contributed by atoms with E-state index in [4.69, 9.17) is 17.3 Å².